The van der Waals surface area contributed by atoms with Crippen molar-refractivity contribution in [2.75, 3.05) is 11.9 Å². The van der Waals surface area contributed by atoms with Crippen molar-refractivity contribution in [3.8, 4) is 5.75 Å². The molecule has 1 amide bonds. The molecule has 108 valence electrons. The summed E-state index contributed by atoms with van der Waals surface area (Å²) in [4.78, 5) is 24.8. The molecule has 2 aromatic carbocycles. The summed E-state index contributed by atoms with van der Waals surface area (Å²) < 4.78 is 0.644. The fourth-order valence-corrected chi connectivity index (χ4v) is 2.27. The molecule has 0 aliphatic carbocycles. The summed E-state index contributed by atoms with van der Waals surface area (Å²) in [7, 11) is 1.46. The number of nitrogens with zero attached hydrogens (tertiary/aromatic N) is 1. The molecule has 2 rings (SSSR count). The minimum absolute atomic E-state index is 0.0185. The molecule has 0 unspecified atom stereocenters. The molecule has 0 saturated carbocycles. The van der Waals surface area contributed by atoms with Crippen molar-refractivity contribution in [1.29, 1.82) is 0 Å². The Morgan fingerprint density at radius 2 is 1.76 bits per heavy atom. The lowest BCUT2D eigenvalue weighted by molar-refractivity contribution is 0.0697. The number of para-hydroxylation sites is 1. The molecule has 0 heterocycles. The molecule has 21 heavy (non-hydrogen) atoms. The number of phenolic OH excluding ortho intramolecular Hbond substituents is 1. The predicted molar refractivity (Wildman–Crippen MR) is 81.9 cm³/mol. The Hall–Kier alpha value is -2.34. The van der Waals surface area contributed by atoms with Gasteiger partial charge >= 0.3 is 5.97 Å². The third-order valence-electron chi connectivity index (χ3n) is 2.99. The van der Waals surface area contributed by atoms with E-state index in [1.54, 1.807) is 18.2 Å². The normalized spacial score (nSPS) is 10.2. The summed E-state index contributed by atoms with van der Waals surface area (Å²) in [5, 5.41) is 19.0. The van der Waals surface area contributed by atoms with Crippen LogP contribution in [0.2, 0.25) is 0 Å². The van der Waals surface area contributed by atoms with Crippen LogP contribution in [-0.2, 0) is 0 Å². The minimum Gasteiger partial charge on any atom is -0.507 e. The van der Waals surface area contributed by atoms with Gasteiger partial charge in [-0.3, -0.25) is 4.79 Å². The van der Waals surface area contributed by atoms with Gasteiger partial charge in [0, 0.05) is 11.5 Å². The molecule has 5 nitrogen and oxygen atoms in total. The molecule has 2 N–H and O–H groups in total. The first-order chi connectivity index (χ1) is 9.91. The van der Waals surface area contributed by atoms with Gasteiger partial charge in [-0.1, -0.05) is 28.1 Å². The number of hydrogen-bond donors (Lipinski definition) is 2. The van der Waals surface area contributed by atoms with Gasteiger partial charge in [-0.2, -0.15) is 0 Å². The maximum Gasteiger partial charge on any atom is 0.337 e. The number of rotatable bonds is 3. The van der Waals surface area contributed by atoms with Crippen LogP contribution in [-0.4, -0.2) is 29.1 Å². The number of benzene rings is 2. The molecule has 2 aromatic rings. The standard InChI is InChI=1S/C15H12BrNO4/c1-17(12-5-3-2-4-10(12)15(20)21)14(19)11-7-6-9(16)8-13(11)18/h2-8,18H,1H3,(H,20,21). The van der Waals surface area contributed by atoms with Crippen LogP contribution in [0.3, 0.4) is 0 Å². The van der Waals surface area contributed by atoms with Gasteiger partial charge in [-0.25, -0.2) is 4.79 Å². The zero-order valence-corrected chi connectivity index (χ0v) is 12.7. The Kier molecular flexibility index (Phi) is 4.28. The molecule has 0 bridgehead atoms. The second-order valence-electron chi connectivity index (χ2n) is 4.35. The van der Waals surface area contributed by atoms with Gasteiger partial charge in [0.2, 0.25) is 0 Å². The molecule has 6 heteroatoms. The Morgan fingerprint density at radius 3 is 2.38 bits per heavy atom. The molecule has 0 radical (unpaired) electrons. The summed E-state index contributed by atoms with van der Waals surface area (Å²) in [5.74, 6) is -1.78. The summed E-state index contributed by atoms with van der Waals surface area (Å²) in [6.07, 6.45) is 0. The van der Waals surface area contributed by atoms with E-state index in [1.807, 2.05) is 0 Å². The quantitative estimate of drug-likeness (QED) is 0.892. The summed E-state index contributed by atoms with van der Waals surface area (Å²) in [6.45, 7) is 0. The van der Waals surface area contributed by atoms with E-state index in [4.69, 9.17) is 5.11 Å². The van der Waals surface area contributed by atoms with E-state index in [0.29, 0.717) is 4.47 Å². The zero-order valence-electron chi connectivity index (χ0n) is 11.1. The number of aromatic carboxylic acids is 1. The molecule has 0 fully saturated rings. The summed E-state index contributed by atoms with van der Waals surface area (Å²) >= 11 is 3.20. The number of carbonyl (C=O) groups is 2. The van der Waals surface area contributed by atoms with E-state index >= 15 is 0 Å². The topological polar surface area (TPSA) is 77.8 Å². The van der Waals surface area contributed by atoms with Crippen molar-refractivity contribution in [3.05, 3.63) is 58.1 Å². The first-order valence-electron chi connectivity index (χ1n) is 6.00. The number of amides is 1. The molecule has 0 aliphatic heterocycles. The van der Waals surface area contributed by atoms with Crippen LogP contribution in [0.5, 0.6) is 5.75 Å². The highest BCUT2D eigenvalue weighted by molar-refractivity contribution is 9.10. The van der Waals surface area contributed by atoms with Crippen molar-refractivity contribution in [2.45, 2.75) is 0 Å². The van der Waals surface area contributed by atoms with E-state index in [1.165, 1.54) is 36.2 Å². The van der Waals surface area contributed by atoms with Gasteiger partial charge in [0.15, 0.2) is 0 Å². The highest BCUT2D eigenvalue weighted by atomic mass is 79.9. The van der Waals surface area contributed by atoms with Gasteiger partial charge < -0.3 is 15.1 Å². The number of halogens is 1. The number of anilines is 1. The van der Waals surface area contributed by atoms with Gasteiger partial charge in [-0.15, -0.1) is 0 Å². The van der Waals surface area contributed by atoms with Crippen molar-refractivity contribution < 1.29 is 19.8 Å². The average Bonchev–Trinajstić information content (AvgIpc) is 2.45. The first-order valence-corrected chi connectivity index (χ1v) is 6.80. The highest BCUT2D eigenvalue weighted by Gasteiger charge is 2.21. The van der Waals surface area contributed by atoms with E-state index in [-0.39, 0.29) is 22.6 Å². The number of phenols is 1. The Balaban J connectivity index is 2.42. The monoisotopic (exact) mass is 349 g/mol. The molecule has 0 aromatic heterocycles. The molecule has 0 aliphatic rings. The molecular formula is C15H12BrNO4. The van der Waals surface area contributed by atoms with Gasteiger partial charge in [0.25, 0.3) is 5.91 Å². The third-order valence-corrected chi connectivity index (χ3v) is 3.48. The lowest BCUT2D eigenvalue weighted by Gasteiger charge is -2.19. The van der Waals surface area contributed by atoms with Crippen LogP contribution in [0.1, 0.15) is 20.7 Å². The number of hydrogen-bond acceptors (Lipinski definition) is 3. The van der Waals surface area contributed by atoms with E-state index < -0.39 is 11.9 Å². The average molecular weight is 350 g/mol. The Morgan fingerprint density at radius 1 is 1.10 bits per heavy atom. The van der Waals surface area contributed by atoms with Crippen molar-refractivity contribution in [2.24, 2.45) is 0 Å². The predicted octanol–water partition coefficient (Wildman–Crippen LogP) is 3.13. The van der Waals surface area contributed by atoms with Gasteiger partial charge in [0.1, 0.15) is 5.75 Å². The SMILES string of the molecule is CN(C(=O)c1ccc(Br)cc1O)c1ccccc1C(=O)O. The van der Waals surface area contributed by atoms with Crippen LogP contribution in [0, 0.1) is 0 Å². The zero-order chi connectivity index (χ0) is 15.6. The summed E-state index contributed by atoms with van der Waals surface area (Å²) in [5.41, 5.74) is 0.378. The number of aromatic hydroxyl groups is 1. The summed E-state index contributed by atoms with van der Waals surface area (Å²) in [6, 6.07) is 10.7. The van der Waals surface area contributed by atoms with Crippen LogP contribution in [0.4, 0.5) is 5.69 Å². The number of carboxylic acids is 1. The second-order valence-corrected chi connectivity index (χ2v) is 5.26. The van der Waals surface area contributed by atoms with Crippen LogP contribution in [0.25, 0.3) is 0 Å². The van der Waals surface area contributed by atoms with Gasteiger partial charge in [0.05, 0.1) is 16.8 Å². The Labute approximate surface area is 129 Å². The molecule has 0 spiro atoms. The minimum atomic E-state index is -1.12. The van der Waals surface area contributed by atoms with E-state index in [2.05, 4.69) is 15.9 Å². The van der Waals surface area contributed by atoms with E-state index in [0.717, 1.165) is 0 Å². The van der Waals surface area contributed by atoms with E-state index in [9.17, 15) is 14.7 Å². The maximum absolute atomic E-state index is 12.4. The third kappa shape index (κ3) is 3.05. The molecular weight excluding hydrogens is 338 g/mol. The largest absolute Gasteiger partial charge is 0.507 e. The lowest BCUT2D eigenvalue weighted by Crippen LogP contribution is -2.28. The fraction of sp³-hybridized carbons (Fsp3) is 0.0667. The molecule has 0 saturated heterocycles. The Bertz CT molecular complexity index is 715. The first kappa shape index (κ1) is 15.1. The number of carboxylic acid groups (broad SMARTS) is 1. The van der Waals surface area contributed by atoms with Gasteiger partial charge in [-0.05, 0) is 30.3 Å². The fourth-order valence-electron chi connectivity index (χ4n) is 1.92. The van der Waals surface area contributed by atoms with Crippen molar-refractivity contribution in [3.63, 3.8) is 0 Å². The van der Waals surface area contributed by atoms with Crippen molar-refractivity contribution >= 4 is 33.5 Å². The van der Waals surface area contributed by atoms with Crippen LogP contribution >= 0.6 is 15.9 Å². The number of carbonyl (C=O) groups excluding carboxylic acids is 1. The maximum atomic E-state index is 12.4. The van der Waals surface area contributed by atoms with Crippen LogP contribution in [0.15, 0.2) is 46.9 Å². The highest BCUT2D eigenvalue weighted by Crippen LogP contribution is 2.26. The smallest absolute Gasteiger partial charge is 0.337 e. The van der Waals surface area contributed by atoms with Crippen LogP contribution < -0.4 is 4.90 Å². The lowest BCUT2D eigenvalue weighted by atomic mass is 10.1. The second kappa shape index (κ2) is 5.97. The molecule has 0 atom stereocenters. The van der Waals surface area contributed by atoms with Crippen molar-refractivity contribution in [1.82, 2.24) is 0 Å².